The highest BCUT2D eigenvalue weighted by atomic mass is 16.2. The fourth-order valence-corrected chi connectivity index (χ4v) is 1.61. The van der Waals surface area contributed by atoms with Gasteiger partial charge in [-0.2, -0.15) is 0 Å². The van der Waals surface area contributed by atoms with Crippen LogP contribution in [0.25, 0.3) is 0 Å². The van der Waals surface area contributed by atoms with E-state index in [9.17, 15) is 4.79 Å². The van der Waals surface area contributed by atoms with Gasteiger partial charge in [0, 0.05) is 5.69 Å². The molecule has 1 amide bonds. The fraction of sp³-hybridized carbons (Fsp3) is 0.500. The van der Waals surface area contributed by atoms with Crippen LogP contribution in [-0.2, 0) is 4.79 Å². The van der Waals surface area contributed by atoms with Crippen LogP contribution in [-0.4, -0.2) is 11.9 Å². The van der Waals surface area contributed by atoms with Crippen LogP contribution in [0, 0.1) is 19.3 Å². The predicted molar refractivity (Wildman–Crippen MR) is 72.0 cm³/mol. The average Bonchev–Trinajstić information content (AvgIpc) is 2.21. The van der Waals surface area contributed by atoms with E-state index < -0.39 is 6.04 Å². The van der Waals surface area contributed by atoms with Crippen LogP contribution < -0.4 is 11.1 Å². The van der Waals surface area contributed by atoms with Crippen molar-refractivity contribution in [2.45, 2.75) is 40.7 Å². The lowest BCUT2D eigenvalue weighted by Crippen LogP contribution is -2.45. The molecule has 1 atom stereocenters. The largest absolute Gasteiger partial charge is 0.324 e. The van der Waals surface area contributed by atoms with Crippen molar-refractivity contribution < 1.29 is 4.79 Å². The Labute approximate surface area is 103 Å². The van der Waals surface area contributed by atoms with E-state index in [1.165, 1.54) is 0 Å². The Morgan fingerprint density at radius 1 is 1.24 bits per heavy atom. The number of hydrogen-bond acceptors (Lipinski definition) is 2. The zero-order valence-electron chi connectivity index (χ0n) is 11.3. The Morgan fingerprint density at radius 3 is 2.12 bits per heavy atom. The summed E-state index contributed by atoms with van der Waals surface area (Å²) in [5, 5.41) is 2.92. The Morgan fingerprint density at radius 2 is 1.71 bits per heavy atom. The highest BCUT2D eigenvalue weighted by Gasteiger charge is 2.27. The first-order valence-corrected chi connectivity index (χ1v) is 5.86. The summed E-state index contributed by atoms with van der Waals surface area (Å²) in [7, 11) is 0. The van der Waals surface area contributed by atoms with E-state index in [2.05, 4.69) is 5.32 Å². The number of nitrogens with one attached hydrogen (secondary N) is 1. The number of carbonyl (C=O) groups excluding carboxylic acids is 1. The van der Waals surface area contributed by atoms with Gasteiger partial charge in [0.15, 0.2) is 0 Å². The molecule has 94 valence electrons. The number of benzene rings is 1. The van der Waals surface area contributed by atoms with E-state index in [4.69, 9.17) is 5.73 Å². The topological polar surface area (TPSA) is 55.1 Å². The van der Waals surface area contributed by atoms with Crippen molar-refractivity contribution in [1.82, 2.24) is 0 Å². The smallest absolute Gasteiger partial charge is 0.241 e. The van der Waals surface area contributed by atoms with Crippen molar-refractivity contribution >= 4 is 11.6 Å². The SMILES string of the molecule is Cc1cccc(C)c1NC(=O)C(N)C(C)(C)C. The summed E-state index contributed by atoms with van der Waals surface area (Å²) in [5.74, 6) is -0.130. The van der Waals surface area contributed by atoms with Crippen molar-refractivity contribution in [1.29, 1.82) is 0 Å². The van der Waals surface area contributed by atoms with E-state index in [1.807, 2.05) is 52.8 Å². The number of hydrogen-bond donors (Lipinski definition) is 2. The summed E-state index contributed by atoms with van der Waals surface area (Å²) in [6.07, 6.45) is 0. The molecule has 3 nitrogen and oxygen atoms in total. The van der Waals surface area contributed by atoms with E-state index in [0.717, 1.165) is 16.8 Å². The summed E-state index contributed by atoms with van der Waals surface area (Å²) in [6, 6.07) is 5.42. The van der Waals surface area contributed by atoms with E-state index in [1.54, 1.807) is 0 Å². The van der Waals surface area contributed by atoms with Gasteiger partial charge in [0.1, 0.15) is 0 Å². The molecule has 17 heavy (non-hydrogen) atoms. The molecule has 0 bridgehead atoms. The van der Waals surface area contributed by atoms with Gasteiger partial charge < -0.3 is 11.1 Å². The van der Waals surface area contributed by atoms with Crippen LogP contribution in [0.1, 0.15) is 31.9 Å². The molecule has 0 aliphatic heterocycles. The first-order valence-electron chi connectivity index (χ1n) is 5.86. The third-order valence-corrected chi connectivity index (χ3v) is 2.94. The molecule has 0 saturated heterocycles. The molecule has 0 heterocycles. The highest BCUT2D eigenvalue weighted by Crippen LogP contribution is 2.22. The quantitative estimate of drug-likeness (QED) is 0.826. The molecule has 0 aromatic heterocycles. The van der Waals surface area contributed by atoms with Gasteiger partial charge in [-0.05, 0) is 30.4 Å². The maximum absolute atomic E-state index is 12.0. The van der Waals surface area contributed by atoms with Gasteiger partial charge in [-0.1, -0.05) is 39.0 Å². The molecule has 1 rings (SSSR count). The number of para-hydroxylation sites is 1. The average molecular weight is 234 g/mol. The van der Waals surface area contributed by atoms with E-state index >= 15 is 0 Å². The normalized spacial score (nSPS) is 13.3. The minimum Gasteiger partial charge on any atom is -0.324 e. The third kappa shape index (κ3) is 3.30. The molecule has 1 aromatic carbocycles. The van der Waals surface area contributed by atoms with Crippen LogP contribution in [0.15, 0.2) is 18.2 Å². The number of nitrogens with two attached hydrogens (primary N) is 1. The molecular formula is C14H22N2O. The van der Waals surface area contributed by atoms with E-state index in [-0.39, 0.29) is 11.3 Å². The third-order valence-electron chi connectivity index (χ3n) is 2.94. The van der Waals surface area contributed by atoms with E-state index in [0.29, 0.717) is 0 Å². The maximum Gasteiger partial charge on any atom is 0.241 e. The molecule has 1 aromatic rings. The van der Waals surface area contributed by atoms with Crippen LogP contribution in [0.2, 0.25) is 0 Å². The molecule has 0 radical (unpaired) electrons. The van der Waals surface area contributed by atoms with Crippen LogP contribution in [0.4, 0.5) is 5.69 Å². The molecule has 0 aliphatic rings. The number of anilines is 1. The zero-order chi connectivity index (χ0) is 13.2. The molecule has 1 unspecified atom stereocenters. The number of carbonyl (C=O) groups is 1. The van der Waals surface area contributed by atoms with Gasteiger partial charge in [0.25, 0.3) is 0 Å². The van der Waals surface area contributed by atoms with Crippen LogP contribution in [0.5, 0.6) is 0 Å². The Bertz CT molecular complexity index is 398. The van der Waals surface area contributed by atoms with Gasteiger partial charge >= 0.3 is 0 Å². The van der Waals surface area contributed by atoms with Gasteiger partial charge in [-0.3, -0.25) is 4.79 Å². The van der Waals surface area contributed by atoms with Gasteiger partial charge in [-0.25, -0.2) is 0 Å². The molecule has 0 fully saturated rings. The molecule has 0 saturated carbocycles. The summed E-state index contributed by atoms with van der Waals surface area (Å²) in [6.45, 7) is 9.84. The second-order valence-electron chi connectivity index (χ2n) is 5.60. The number of aryl methyl sites for hydroxylation is 2. The van der Waals surface area contributed by atoms with Crippen LogP contribution in [0.3, 0.4) is 0 Å². The summed E-state index contributed by atoms with van der Waals surface area (Å²) < 4.78 is 0. The predicted octanol–water partition coefficient (Wildman–Crippen LogP) is 2.62. The standard InChI is InChI=1S/C14H22N2O/c1-9-7-6-8-10(2)11(9)16-13(17)12(15)14(3,4)5/h6-8,12H,15H2,1-5H3,(H,16,17). The molecule has 0 aliphatic carbocycles. The fourth-order valence-electron chi connectivity index (χ4n) is 1.61. The van der Waals surface area contributed by atoms with Crippen molar-refractivity contribution in [3.63, 3.8) is 0 Å². The summed E-state index contributed by atoms with van der Waals surface area (Å²) >= 11 is 0. The molecule has 3 heteroatoms. The van der Waals surface area contributed by atoms with Crippen molar-refractivity contribution in [3.05, 3.63) is 29.3 Å². The van der Waals surface area contributed by atoms with Gasteiger partial charge in [-0.15, -0.1) is 0 Å². The first-order chi connectivity index (χ1) is 7.73. The van der Waals surface area contributed by atoms with Gasteiger partial charge in [0.05, 0.1) is 6.04 Å². The minimum atomic E-state index is -0.512. The summed E-state index contributed by atoms with van der Waals surface area (Å²) in [5.41, 5.74) is 8.68. The highest BCUT2D eigenvalue weighted by molar-refractivity contribution is 5.96. The number of amides is 1. The second kappa shape index (κ2) is 4.88. The number of rotatable bonds is 2. The van der Waals surface area contributed by atoms with Gasteiger partial charge in [0.2, 0.25) is 5.91 Å². The molecular weight excluding hydrogens is 212 g/mol. The minimum absolute atomic E-state index is 0.130. The van der Waals surface area contributed by atoms with Crippen molar-refractivity contribution in [2.24, 2.45) is 11.1 Å². The Balaban J connectivity index is 2.89. The van der Waals surface area contributed by atoms with Crippen molar-refractivity contribution in [2.75, 3.05) is 5.32 Å². The Kier molecular flexibility index (Phi) is 3.94. The second-order valence-corrected chi connectivity index (χ2v) is 5.60. The Hall–Kier alpha value is -1.35. The lowest BCUT2D eigenvalue weighted by Gasteiger charge is -2.26. The van der Waals surface area contributed by atoms with Crippen LogP contribution >= 0.6 is 0 Å². The maximum atomic E-state index is 12.0. The lowest BCUT2D eigenvalue weighted by molar-refractivity contribution is -0.119. The summed E-state index contributed by atoms with van der Waals surface area (Å²) in [4.78, 5) is 12.0. The van der Waals surface area contributed by atoms with Crippen molar-refractivity contribution in [3.8, 4) is 0 Å². The first kappa shape index (κ1) is 13.7. The molecule has 0 spiro atoms. The zero-order valence-corrected chi connectivity index (χ0v) is 11.3. The molecule has 3 N–H and O–H groups in total. The lowest BCUT2D eigenvalue weighted by atomic mass is 9.87. The monoisotopic (exact) mass is 234 g/mol.